The average molecular weight is 272 g/mol. The van der Waals surface area contributed by atoms with Gasteiger partial charge in [-0.05, 0) is 30.9 Å². The fourth-order valence-electron chi connectivity index (χ4n) is 2.72. The Morgan fingerprint density at radius 1 is 1.29 bits per heavy atom. The van der Waals surface area contributed by atoms with Crippen LogP contribution in [0.5, 0.6) is 0 Å². The van der Waals surface area contributed by atoms with Gasteiger partial charge in [-0.25, -0.2) is 0 Å². The Bertz CT molecular complexity index is 372. The standard InChI is InChI=1S/C14H19Cl2N/c1-17(10-11-5-2-3-6-11)14-8-4-7-13(16)12(14)9-15/h4,7-8,11H,2-3,5-6,9-10H2,1H3. The fraction of sp³-hybridized carbons (Fsp3) is 0.571. The molecule has 1 fully saturated rings. The first-order valence-electron chi connectivity index (χ1n) is 6.27. The molecule has 1 saturated carbocycles. The van der Waals surface area contributed by atoms with Crippen molar-refractivity contribution in [1.29, 1.82) is 0 Å². The molecule has 1 aromatic rings. The van der Waals surface area contributed by atoms with Crippen molar-refractivity contribution in [3.63, 3.8) is 0 Å². The smallest absolute Gasteiger partial charge is 0.0509 e. The molecule has 0 bridgehead atoms. The van der Waals surface area contributed by atoms with Gasteiger partial charge in [0.05, 0.1) is 5.88 Å². The number of halogens is 2. The van der Waals surface area contributed by atoms with Crippen LogP contribution in [0.4, 0.5) is 5.69 Å². The molecule has 2 rings (SSSR count). The molecule has 0 atom stereocenters. The maximum atomic E-state index is 6.18. The molecule has 0 amide bonds. The van der Waals surface area contributed by atoms with Crippen LogP contribution in [0.25, 0.3) is 0 Å². The minimum absolute atomic E-state index is 0.476. The highest BCUT2D eigenvalue weighted by Crippen LogP contribution is 2.31. The van der Waals surface area contributed by atoms with Crippen molar-refractivity contribution < 1.29 is 0 Å². The summed E-state index contributed by atoms with van der Waals surface area (Å²) < 4.78 is 0. The lowest BCUT2D eigenvalue weighted by molar-refractivity contribution is 0.546. The van der Waals surface area contributed by atoms with Gasteiger partial charge >= 0.3 is 0 Å². The average Bonchev–Trinajstić information content (AvgIpc) is 2.81. The Morgan fingerprint density at radius 3 is 2.65 bits per heavy atom. The highest BCUT2D eigenvalue weighted by atomic mass is 35.5. The van der Waals surface area contributed by atoms with Gasteiger partial charge in [0.15, 0.2) is 0 Å². The molecule has 0 N–H and O–H groups in total. The summed E-state index contributed by atoms with van der Waals surface area (Å²) in [6, 6.07) is 6.02. The fourth-order valence-corrected chi connectivity index (χ4v) is 3.30. The Hall–Kier alpha value is -0.400. The summed E-state index contributed by atoms with van der Waals surface area (Å²) in [4.78, 5) is 2.31. The number of hydrogen-bond acceptors (Lipinski definition) is 1. The number of hydrogen-bond donors (Lipinski definition) is 0. The van der Waals surface area contributed by atoms with Gasteiger partial charge in [0.1, 0.15) is 0 Å². The zero-order valence-corrected chi connectivity index (χ0v) is 11.8. The molecule has 0 radical (unpaired) electrons. The highest BCUT2D eigenvalue weighted by Gasteiger charge is 2.18. The van der Waals surface area contributed by atoms with Gasteiger partial charge in [0.2, 0.25) is 0 Å². The number of anilines is 1. The maximum absolute atomic E-state index is 6.18. The van der Waals surface area contributed by atoms with Gasteiger partial charge in [-0.3, -0.25) is 0 Å². The first-order valence-corrected chi connectivity index (χ1v) is 7.18. The van der Waals surface area contributed by atoms with Gasteiger partial charge < -0.3 is 4.90 Å². The predicted molar refractivity (Wildman–Crippen MR) is 76.2 cm³/mol. The summed E-state index contributed by atoms with van der Waals surface area (Å²) in [5.74, 6) is 1.31. The van der Waals surface area contributed by atoms with E-state index < -0.39 is 0 Å². The largest absolute Gasteiger partial charge is 0.374 e. The van der Waals surface area contributed by atoms with Crippen LogP contribution in [0.15, 0.2) is 18.2 Å². The SMILES string of the molecule is CN(CC1CCCC1)c1cccc(Cl)c1CCl. The van der Waals surface area contributed by atoms with Gasteiger partial charge in [0, 0.05) is 29.9 Å². The van der Waals surface area contributed by atoms with Crippen LogP contribution in [-0.4, -0.2) is 13.6 Å². The second-order valence-corrected chi connectivity index (χ2v) is 5.58. The Balaban J connectivity index is 2.12. The van der Waals surface area contributed by atoms with Crippen LogP contribution in [-0.2, 0) is 5.88 Å². The lowest BCUT2D eigenvalue weighted by Crippen LogP contribution is -2.24. The topological polar surface area (TPSA) is 3.24 Å². The van der Waals surface area contributed by atoms with Crippen LogP contribution in [0.2, 0.25) is 5.02 Å². The molecule has 0 saturated heterocycles. The zero-order valence-electron chi connectivity index (χ0n) is 10.3. The van der Waals surface area contributed by atoms with E-state index in [9.17, 15) is 0 Å². The van der Waals surface area contributed by atoms with E-state index >= 15 is 0 Å². The van der Waals surface area contributed by atoms with Gasteiger partial charge in [-0.1, -0.05) is 30.5 Å². The van der Waals surface area contributed by atoms with E-state index in [-0.39, 0.29) is 0 Å². The van der Waals surface area contributed by atoms with E-state index in [1.165, 1.54) is 31.4 Å². The van der Waals surface area contributed by atoms with Crippen molar-refractivity contribution in [1.82, 2.24) is 0 Å². The van der Waals surface area contributed by atoms with E-state index in [2.05, 4.69) is 18.0 Å². The van der Waals surface area contributed by atoms with Crippen LogP contribution >= 0.6 is 23.2 Å². The lowest BCUT2D eigenvalue weighted by atomic mass is 10.1. The summed E-state index contributed by atoms with van der Waals surface area (Å²) in [5.41, 5.74) is 2.23. The minimum Gasteiger partial charge on any atom is -0.374 e. The molecule has 1 aromatic carbocycles. The Kier molecular flexibility index (Phi) is 4.58. The molecule has 1 aliphatic carbocycles. The van der Waals surface area contributed by atoms with Crippen LogP contribution in [0.3, 0.4) is 0 Å². The quantitative estimate of drug-likeness (QED) is 0.718. The van der Waals surface area contributed by atoms with E-state index in [1.807, 2.05) is 12.1 Å². The molecule has 94 valence electrons. The number of rotatable bonds is 4. The van der Waals surface area contributed by atoms with Crippen molar-refractivity contribution in [3.05, 3.63) is 28.8 Å². The molecule has 17 heavy (non-hydrogen) atoms. The van der Waals surface area contributed by atoms with E-state index in [4.69, 9.17) is 23.2 Å². The van der Waals surface area contributed by atoms with E-state index in [0.717, 1.165) is 23.0 Å². The molecular weight excluding hydrogens is 253 g/mol. The van der Waals surface area contributed by atoms with Crippen molar-refractivity contribution in [3.8, 4) is 0 Å². The molecule has 0 spiro atoms. The molecule has 1 nitrogen and oxygen atoms in total. The normalized spacial score (nSPS) is 16.4. The molecule has 3 heteroatoms. The van der Waals surface area contributed by atoms with Crippen LogP contribution in [0.1, 0.15) is 31.2 Å². The summed E-state index contributed by atoms with van der Waals surface area (Å²) in [6.45, 7) is 1.12. The number of benzene rings is 1. The molecule has 1 aliphatic rings. The maximum Gasteiger partial charge on any atom is 0.0509 e. The number of nitrogens with zero attached hydrogens (tertiary/aromatic N) is 1. The van der Waals surface area contributed by atoms with E-state index in [1.54, 1.807) is 0 Å². The minimum atomic E-state index is 0.476. The van der Waals surface area contributed by atoms with Crippen molar-refractivity contribution in [2.75, 3.05) is 18.5 Å². The molecule has 0 aliphatic heterocycles. The lowest BCUT2D eigenvalue weighted by Gasteiger charge is -2.25. The van der Waals surface area contributed by atoms with Gasteiger partial charge in [-0.2, -0.15) is 0 Å². The van der Waals surface area contributed by atoms with Crippen LogP contribution < -0.4 is 4.90 Å². The third kappa shape index (κ3) is 3.08. The molecule has 0 unspecified atom stereocenters. The second-order valence-electron chi connectivity index (χ2n) is 4.90. The Morgan fingerprint density at radius 2 is 2.00 bits per heavy atom. The number of alkyl halides is 1. The van der Waals surface area contributed by atoms with Crippen molar-refractivity contribution in [2.24, 2.45) is 5.92 Å². The van der Waals surface area contributed by atoms with Crippen LogP contribution in [0, 0.1) is 5.92 Å². The molecule has 0 aromatic heterocycles. The van der Waals surface area contributed by atoms with Crippen molar-refractivity contribution >= 4 is 28.9 Å². The third-order valence-corrected chi connectivity index (χ3v) is 4.27. The van der Waals surface area contributed by atoms with E-state index in [0.29, 0.717) is 5.88 Å². The summed E-state index contributed by atoms with van der Waals surface area (Å²) in [5, 5.41) is 0.774. The third-order valence-electron chi connectivity index (χ3n) is 3.65. The summed E-state index contributed by atoms with van der Waals surface area (Å²) in [6.07, 6.45) is 5.50. The molecular formula is C14H19Cl2N. The Labute approximate surface area is 114 Å². The van der Waals surface area contributed by atoms with Crippen molar-refractivity contribution in [2.45, 2.75) is 31.6 Å². The second kappa shape index (κ2) is 5.97. The highest BCUT2D eigenvalue weighted by molar-refractivity contribution is 6.32. The van der Waals surface area contributed by atoms with Gasteiger partial charge in [-0.15, -0.1) is 11.6 Å². The van der Waals surface area contributed by atoms with Gasteiger partial charge in [0.25, 0.3) is 0 Å². The first kappa shape index (κ1) is 13.0. The summed E-state index contributed by atoms with van der Waals surface area (Å²) in [7, 11) is 2.14. The summed E-state index contributed by atoms with van der Waals surface area (Å²) >= 11 is 12.2. The first-order chi connectivity index (χ1) is 8.22. The monoisotopic (exact) mass is 271 g/mol. The predicted octanol–water partition coefficient (Wildman–Crippen LogP) is 4.71. The zero-order chi connectivity index (χ0) is 12.3. The molecule has 0 heterocycles.